The number of nitrogens with one attached hydrogen (secondary N) is 3. The molecule has 11 heteroatoms. The van der Waals surface area contributed by atoms with Gasteiger partial charge >= 0.3 is 0 Å². The zero-order valence-corrected chi connectivity index (χ0v) is 19.5. The summed E-state index contributed by atoms with van der Waals surface area (Å²) in [6.45, 7) is 4.79. The predicted molar refractivity (Wildman–Crippen MR) is 128 cm³/mol. The number of hydrogen-bond donors (Lipinski definition) is 3. The minimum absolute atomic E-state index is 0.0690. The highest BCUT2D eigenvalue weighted by molar-refractivity contribution is 6.41. The monoisotopic (exact) mass is 488 g/mol. The van der Waals surface area contributed by atoms with Crippen LogP contribution in [0.1, 0.15) is 0 Å². The third-order valence-electron chi connectivity index (χ3n) is 5.34. The van der Waals surface area contributed by atoms with Gasteiger partial charge in [-0.1, -0.05) is 29.8 Å². The van der Waals surface area contributed by atoms with E-state index in [0.29, 0.717) is 57.4 Å². The van der Waals surface area contributed by atoms with Gasteiger partial charge < -0.3 is 25.4 Å². The number of benzene rings is 1. The summed E-state index contributed by atoms with van der Waals surface area (Å²) in [5.74, 6) is 1.06. The van der Waals surface area contributed by atoms with Crippen molar-refractivity contribution in [3.05, 3.63) is 47.2 Å². The van der Waals surface area contributed by atoms with E-state index in [0.717, 1.165) is 5.39 Å². The Hall–Kier alpha value is -3.14. The highest BCUT2D eigenvalue weighted by Gasteiger charge is 2.28. The van der Waals surface area contributed by atoms with E-state index < -0.39 is 0 Å². The van der Waals surface area contributed by atoms with E-state index in [2.05, 4.69) is 37.5 Å². The van der Waals surface area contributed by atoms with Gasteiger partial charge in [-0.05, 0) is 12.1 Å². The number of anilines is 1. The van der Waals surface area contributed by atoms with Gasteiger partial charge in [0, 0.05) is 36.3 Å². The average molecular weight is 489 g/mol. The van der Waals surface area contributed by atoms with Crippen LogP contribution in [0.3, 0.4) is 0 Å². The second-order valence-corrected chi connectivity index (χ2v) is 8.09. The van der Waals surface area contributed by atoms with Crippen molar-refractivity contribution >= 4 is 46.0 Å². The molecule has 1 amide bonds. The Bertz CT molecular complexity index is 1190. The zero-order valence-electron chi connectivity index (χ0n) is 18.0. The molecule has 0 spiro atoms. The van der Waals surface area contributed by atoms with Gasteiger partial charge in [-0.3, -0.25) is 9.78 Å². The van der Waals surface area contributed by atoms with Crippen molar-refractivity contribution in [1.82, 2.24) is 25.6 Å². The third kappa shape index (κ3) is 4.66. The number of pyridine rings is 1. The highest BCUT2D eigenvalue weighted by Crippen LogP contribution is 2.45. The lowest BCUT2D eigenvalue weighted by Crippen LogP contribution is -2.45. The Morgan fingerprint density at radius 1 is 1.12 bits per heavy atom. The number of carbonyl (C=O) groups is 1. The topological polar surface area (TPSA) is 110 Å². The van der Waals surface area contributed by atoms with E-state index in [9.17, 15) is 4.79 Å². The predicted octanol–water partition coefficient (Wildman–Crippen LogP) is 3.07. The smallest absolute Gasteiger partial charge is 0.243 e. The Balaban J connectivity index is 1.63. The fraction of sp³-hybridized carbons (Fsp3) is 0.273. The summed E-state index contributed by atoms with van der Waals surface area (Å²) < 4.78 is 10.7. The molecule has 2 atom stereocenters. The molecule has 4 rings (SSSR count). The maximum absolute atomic E-state index is 11.7. The molecule has 0 radical (unpaired) electrons. The number of ether oxygens (including phenoxy) is 2. The number of nitrogens with zero attached hydrogens (tertiary/aromatic N) is 3. The molecule has 3 aromatic rings. The number of carbonyl (C=O) groups excluding carboxylic acids is 1. The van der Waals surface area contributed by atoms with Crippen molar-refractivity contribution in [3.8, 4) is 22.8 Å². The van der Waals surface area contributed by atoms with Gasteiger partial charge in [-0.15, -0.1) is 0 Å². The second-order valence-electron chi connectivity index (χ2n) is 7.33. The molecule has 0 saturated carbocycles. The Morgan fingerprint density at radius 3 is 2.48 bits per heavy atom. The fourth-order valence-electron chi connectivity index (χ4n) is 3.64. The molecule has 0 bridgehead atoms. The molecule has 2 aromatic heterocycles. The van der Waals surface area contributed by atoms with Crippen LogP contribution in [-0.4, -0.2) is 60.3 Å². The van der Waals surface area contributed by atoms with E-state index in [4.69, 9.17) is 32.7 Å². The van der Waals surface area contributed by atoms with E-state index in [-0.39, 0.29) is 18.0 Å². The Morgan fingerprint density at radius 2 is 1.82 bits per heavy atom. The second kappa shape index (κ2) is 9.78. The number of methoxy groups -OCH3 is 2. The lowest BCUT2D eigenvalue weighted by atomic mass is 10.1. The zero-order chi connectivity index (χ0) is 23.5. The number of amides is 1. The van der Waals surface area contributed by atoms with Crippen LogP contribution in [0, 0.1) is 0 Å². The normalized spacial score (nSPS) is 17.6. The Kier molecular flexibility index (Phi) is 6.83. The standard InChI is InChI=1S/C22H22Cl2N6O3/c1-4-18(31)28-14-8-25-9-15(14)30-22-27-7-11-5-12(26-10-13(11)29-22)19-20(23)16(32-2)6-17(33-3)21(19)24/h4-7,10,14-15,25H,1,8-9H2,2-3H3,(H,28,31)(H,27,29,30). The molecule has 33 heavy (non-hydrogen) atoms. The number of rotatable bonds is 7. The fourth-order valence-corrected chi connectivity index (χ4v) is 4.33. The summed E-state index contributed by atoms with van der Waals surface area (Å²) in [4.78, 5) is 25.2. The van der Waals surface area contributed by atoms with Crippen LogP contribution in [0.2, 0.25) is 10.0 Å². The molecular formula is C22H22Cl2N6O3. The van der Waals surface area contributed by atoms with Crippen LogP contribution >= 0.6 is 23.2 Å². The van der Waals surface area contributed by atoms with Crippen LogP contribution in [0.4, 0.5) is 5.95 Å². The minimum Gasteiger partial charge on any atom is -0.495 e. The summed E-state index contributed by atoms with van der Waals surface area (Å²) >= 11 is 13.0. The van der Waals surface area contributed by atoms with Gasteiger partial charge in [-0.25, -0.2) is 9.97 Å². The van der Waals surface area contributed by atoms with Crippen LogP contribution in [0.25, 0.3) is 22.2 Å². The molecule has 0 aliphatic carbocycles. The third-order valence-corrected chi connectivity index (χ3v) is 6.09. The summed E-state index contributed by atoms with van der Waals surface area (Å²) in [6, 6.07) is 3.25. The summed E-state index contributed by atoms with van der Waals surface area (Å²) in [6.07, 6.45) is 4.57. The molecule has 1 fully saturated rings. The van der Waals surface area contributed by atoms with Crippen molar-refractivity contribution in [1.29, 1.82) is 0 Å². The van der Waals surface area contributed by atoms with Crippen molar-refractivity contribution in [3.63, 3.8) is 0 Å². The van der Waals surface area contributed by atoms with Gasteiger partial charge in [0.15, 0.2) is 0 Å². The van der Waals surface area contributed by atoms with Crippen molar-refractivity contribution < 1.29 is 14.3 Å². The molecule has 1 aliphatic heterocycles. The van der Waals surface area contributed by atoms with Gasteiger partial charge in [0.05, 0.1) is 53.8 Å². The van der Waals surface area contributed by atoms with Crippen molar-refractivity contribution in [2.75, 3.05) is 32.6 Å². The average Bonchev–Trinajstić information content (AvgIpc) is 3.25. The van der Waals surface area contributed by atoms with Crippen LogP contribution in [0.15, 0.2) is 37.2 Å². The van der Waals surface area contributed by atoms with Crippen LogP contribution < -0.4 is 25.4 Å². The lowest BCUT2D eigenvalue weighted by molar-refractivity contribution is -0.117. The van der Waals surface area contributed by atoms with E-state index >= 15 is 0 Å². The summed E-state index contributed by atoms with van der Waals surface area (Å²) in [5, 5.41) is 10.8. The van der Waals surface area contributed by atoms with E-state index in [1.165, 1.54) is 20.3 Å². The van der Waals surface area contributed by atoms with Crippen LogP contribution in [0.5, 0.6) is 11.5 Å². The first-order chi connectivity index (χ1) is 15.9. The van der Waals surface area contributed by atoms with Gasteiger partial charge in [0.1, 0.15) is 11.5 Å². The van der Waals surface area contributed by atoms with Crippen molar-refractivity contribution in [2.24, 2.45) is 0 Å². The Labute approximate surface area is 200 Å². The molecule has 1 aromatic carbocycles. The number of halogens is 2. The molecule has 1 aliphatic rings. The highest BCUT2D eigenvalue weighted by atomic mass is 35.5. The number of fused-ring (bicyclic) bond motifs is 1. The largest absolute Gasteiger partial charge is 0.495 e. The van der Waals surface area contributed by atoms with Crippen molar-refractivity contribution in [2.45, 2.75) is 12.1 Å². The number of hydrogen-bond acceptors (Lipinski definition) is 8. The molecule has 1 saturated heterocycles. The minimum atomic E-state index is -0.224. The first-order valence-corrected chi connectivity index (χ1v) is 10.8. The van der Waals surface area contributed by atoms with E-state index in [1.54, 1.807) is 24.5 Å². The van der Waals surface area contributed by atoms with Gasteiger partial charge in [0.2, 0.25) is 11.9 Å². The molecule has 3 heterocycles. The van der Waals surface area contributed by atoms with Gasteiger partial charge in [-0.2, -0.15) is 0 Å². The van der Waals surface area contributed by atoms with Gasteiger partial charge in [0.25, 0.3) is 0 Å². The molecule has 172 valence electrons. The summed E-state index contributed by atoms with van der Waals surface area (Å²) in [5.41, 5.74) is 1.67. The molecular weight excluding hydrogens is 467 g/mol. The maximum Gasteiger partial charge on any atom is 0.243 e. The molecule has 9 nitrogen and oxygen atoms in total. The first-order valence-electron chi connectivity index (χ1n) is 10.1. The first kappa shape index (κ1) is 23.0. The van der Waals surface area contributed by atoms with E-state index in [1.807, 2.05) is 0 Å². The quantitative estimate of drug-likeness (QED) is 0.435. The molecule has 3 N–H and O–H groups in total. The maximum atomic E-state index is 11.7. The SMILES string of the molecule is C=CC(=O)NC1CNCC1Nc1ncc2cc(-c3c(Cl)c(OC)cc(OC)c3Cl)ncc2n1. The lowest BCUT2D eigenvalue weighted by Gasteiger charge is -2.20. The van der Waals surface area contributed by atoms with Crippen LogP contribution in [-0.2, 0) is 4.79 Å². The molecule has 2 unspecified atom stereocenters. The number of aromatic nitrogens is 3. The summed E-state index contributed by atoms with van der Waals surface area (Å²) in [7, 11) is 3.03.